The van der Waals surface area contributed by atoms with Gasteiger partial charge in [-0.3, -0.25) is 4.90 Å². The van der Waals surface area contributed by atoms with E-state index < -0.39 is 0 Å². The van der Waals surface area contributed by atoms with Crippen molar-refractivity contribution < 1.29 is 9.26 Å². The van der Waals surface area contributed by atoms with E-state index in [1.54, 1.807) is 0 Å². The average molecular weight is 239 g/mol. The molecule has 0 radical (unpaired) electrons. The Morgan fingerprint density at radius 2 is 2.29 bits per heavy atom. The topological polar surface area (TPSA) is 51.4 Å². The molecule has 1 aromatic heterocycles. The van der Waals surface area contributed by atoms with Gasteiger partial charge in [-0.2, -0.15) is 4.98 Å². The maximum atomic E-state index is 5.71. The zero-order valence-corrected chi connectivity index (χ0v) is 10.7. The SMILES string of the molecule is CCc1nc(CN(C)CC2CCCCO2)no1. The summed E-state index contributed by atoms with van der Waals surface area (Å²) in [7, 11) is 2.07. The number of aromatic nitrogens is 2. The molecule has 0 aliphatic carbocycles. The Kier molecular flexibility index (Phi) is 4.50. The van der Waals surface area contributed by atoms with Gasteiger partial charge >= 0.3 is 0 Å². The number of nitrogens with zero attached hydrogens (tertiary/aromatic N) is 3. The van der Waals surface area contributed by atoms with Crippen LogP contribution in [0.5, 0.6) is 0 Å². The van der Waals surface area contributed by atoms with Gasteiger partial charge in [-0.1, -0.05) is 12.1 Å². The van der Waals surface area contributed by atoms with Crippen LogP contribution < -0.4 is 0 Å². The van der Waals surface area contributed by atoms with Crippen molar-refractivity contribution in [1.29, 1.82) is 0 Å². The second-order valence-electron chi connectivity index (χ2n) is 4.64. The first-order valence-electron chi connectivity index (χ1n) is 6.39. The van der Waals surface area contributed by atoms with Gasteiger partial charge in [-0.05, 0) is 26.3 Å². The molecule has 1 unspecified atom stereocenters. The lowest BCUT2D eigenvalue weighted by molar-refractivity contribution is -0.00299. The molecule has 1 aliphatic heterocycles. The molecule has 0 N–H and O–H groups in total. The van der Waals surface area contributed by atoms with E-state index in [2.05, 4.69) is 22.1 Å². The third-order valence-electron chi connectivity index (χ3n) is 3.01. The van der Waals surface area contributed by atoms with Gasteiger partial charge in [0.05, 0.1) is 12.6 Å². The molecule has 96 valence electrons. The Bertz CT molecular complexity index is 334. The number of rotatable bonds is 5. The summed E-state index contributed by atoms with van der Waals surface area (Å²) >= 11 is 0. The Labute approximate surface area is 102 Å². The zero-order valence-electron chi connectivity index (χ0n) is 10.7. The molecule has 1 saturated heterocycles. The van der Waals surface area contributed by atoms with Crippen LogP contribution in [0, 0.1) is 0 Å². The standard InChI is InChI=1S/C12H21N3O2/c1-3-12-13-11(14-17-12)9-15(2)8-10-6-4-5-7-16-10/h10H,3-9H2,1-2H3. The van der Waals surface area contributed by atoms with E-state index in [0.717, 1.165) is 38.4 Å². The van der Waals surface area contributed by atoms with Gasteiger partial charge in [-0.15, -0.1) is 0 Å². The predicted octanol–water partition coefficient (Wildman–Crippen LogP) is 1.63. The minimum absolute atomic E-state index is 0.367. The number of ether oxygens (including phenoxy) is 1. The minimum atomic E-state index is 0.367. The van der Waals surface area contributed by atoms with Gasteiger partial charge in [0.2, 0.25) is 5.89 Å². The Morgan fingerprint density at radius 1 is 1.41 bits per heavy atom. The lowest BCUT2D eigenvalue weighted by Gasteiger charge is -2.26. The lowest BCUT2D eigenvalue weighted by Crippen LogP contribution is -2.33. The highest BCUT2D eigenvalue weighted by atomic mass is 16.5. The summed E-state index contributed by atoms with van der Waals surface area (Å²) in [6.45, 7) is 4.58. The third-order valence-corrected chi connectivity index (χ3v) is 3.01. The van der Waals surface area contributed by atoms with Gasteiger partial charge in [0.25, 0.3) is 0 Å². The molecular formula is C12H21N3O2. The fraction of sp³-hybridized carbons (Fsp3) is 0.833. The Morgan fingerprint density at radius 3 is 2.94 bits per heavy atom. The lowest BCUT2D eigenvalue weighted by atomic mass is 10.1. The molecule has 1 aromatic rings. The fourth-order valence-electron chi connectivity index (χ4n) is 2.10. The highest BCUT2D eigenvalue weighted by Gasteiger charge is 2.17. The van der Waals surface area contributed by atoms with E-state index in [0.29, 0.717) is 12.0 Å². The Hall–Kier alpha value is -0.940. The molecule has 17 heavy (non-hydrogen) atoms. The van der Waals surface area contributed by atoms with Crippen molar-refractivity contribution in [2.75, 3.05) is 20.2 Å². The van der Waals surface area contributed by atoms with Crippen LogP contribution in [0.25, 0.3) is 0 Å². The first-order chi connectivity index (χ1) is 8.28. The van der Waals surface area contributed by atoms with Crippen LogP contribution in [0.1, 0.15) is 37.9 Å². The normalized spacial score (nSPS) is 21.0. The molecule has 0 saturated carbocycles. The zero-order chi connectivity index (χ0) is 12.1. The second kappa shape index (κ2) is 6.12. The molecule has 2 heterocycles. The maximum Gasteiger partial charge on any atom is 0.226 e. The van der Waals surface area contributed by atoms with Gasteiger partial charge in [0.1, 0.15) is 0 Å². The molecule has 0 bridgehead atoms. The summed E-state index contributed by atoms with van der Waals surface area (Å²) in [5.74, 6) is 1.47. The van der Waals surface area contributed by atoms with Gasteiger partial charge in [-0.25, -0.2) is 0 Å². The van der Waals surface area contributed by atoms with Crippen molar-refractivity contribution in [1.82, 2.24) is 15.0 Å². The first kappa shape index (κ1) is 12.5. The highest BCUT2D eigenvalue weighted by molar-refractivity contribution is 4.85. The van der Waals surface area contributed by atoms with Crippen molar-refractivity contribution in [2.45, 2.75) is 45.3 Å². The van der Waals surface area contributed by atoms with Crippen molar-refractivity contribution in [3.63, 3.8) is 0 Å². The molecule has 5 nitrogen and oxygen atoms in total. The molecule has 1 aliphatic rings. The van der Waals surface area contributed by atoms with E-state index in [1.165, 1.54) is 12.8 Å². The van der Waals surface area contributed by atoms with Crippen LogP contribution in [-0.2, 0) is 17.7 Å². The summed E-state index contributed by atoms with van der Waals surface area (Å²) in [4.78, 5) is 6.50. The van der Waals surface area contributed by atoms with E-state index in [1.807, 2.05) is 6.92 Å². The van der Waals surface area contributed by atoms with Crippen LogP contribution in [-0.4, -0.2) is 41.3 Å². The summed E-state index contributed by atoms with van der Waals surface area (Å²) in [5.41, 5.74) is 0. The fourth-order valence-corrected chi connectivity index (χ4v) is 2.10. The quantitative estimate of drug-likeness (QED) is 0.781. The van der Waals surface area contributed by atoms with Crippen molar-refractivity contribution in [2.24, 2.45) is 0 Å². The monoisotopic (exact) mass is 239 g/mol. The van der Waals surface area contributed by atoms with Crippen LogP contribution in [0.15, 0.2) is 4.52 Å². The number of hydrogen-bond donors (Lipinski definition) is 0. The number of aryl methyl sites for hydroxylation is 1. The summed E-state index contributed by atoms with van der Waals surface area (Å²) in [6.07, 6.45) is 4.80. The molecular weight excluding hydrogens is 218 g/mol. The first-order valence-corrected chi connectivity index (χ1v) is 6.39. The van der Waals surface area contributed by atoms with Gasteiger partial charge in [0.15, 0.2) is 5.82 Å². The van der Waals surface area contributed by atoms with E-state index >= 15 is 0 Å². The smallest absolute Gasteiger partial charge is 0.226 e. The van der Waals surface area contributed by atoms with E-state index in [4.69, 9.17) is 9.26 Å². The second-order valence-corrected chi connectivity index (χ2v) is 4.64. The molecule has 1 fully saturated rings. The van der Waals surface area contributed by atoms with Gasteiger partial charge in [0, 0.05) is 19.6 Å². The number of likely N-dealkylation sites (N-methyl/N-ethyl adjacent to an activating group) is 1. The Balaban J connectivity index is 1.77. The maximum absolute atomic E-state index is 5.71. The highest BCUT2D eigenvalue weighted by Crippen LogP contribution is 2.14. The van der Waals surface area contributed by atoms with E-state index in [-0.39, 0.29) is 0 Å². The van der Waals surface area contributed by atoms with Crippen LogP contribution in [0.4, 0.5) is 0 Å². The van der Waals surface area contributed by atoms with Gasteiger partial charge < -0.3 is 9.26 Å². The van der Waals surface area contributed by atoms with Crippen LogP contribution >= 0.6 is 0 Å². The molecule has 5 heteroatoms. The molecule has 1 atom stereocenters. The molecule has 0 aromatic carbocycles. The minimum Gasteiger partial charge on any atom is -0.377 e. The largest absolute Gasteiger partial charge is 0.377 e. The molecule has 0 spiro atoms. The summed E-state index contributed by atoms with van der Waals surface area (Å²) in [5, 5.41) is 3.95. The van der Waals surface area contributed by atoms with Crippen molar-refractivity contribution in [3.8, 4) is 0 Å². The van der Waals surface area contributed by atoms with Crippen LogP contribution in [0.2, 0.25) is 0 Å². The third kappa shape index (κ3) is 3.78. The number of hydrogen-bond acceptors (Lipinski definition) is 5. The molecule has 0 amide bonds. The van der Waals surface area contributed by atoms with E-state index in [9.17, 15) is 0 Å². The summed E-state index contributed by atoms with van der Waals surface area (Å²) in [6, 6.07) is 0. The summed E-state index contributed by atoms with van der Waals surface area (Å²) < 4.78 is 10.8. The van der Waals surface area contributed by atoms with Crippen molar-refractivity contribution >= 4 is 0 Å². The average Bonchev–Trinajstić information content (AvgIpc) is 2.78. The predicted molar refractivity (Wildman–Crippen MR) is 63.6 cm³/mol. The molecule has 2 rings (SSSR count). The van der Waals surface area contributed by atoms with Crippen LogP contribution in [0.3, 0.4) is 0 Å². The van der Waals surface area contributed by atoms with Crippen molar-refractivity contribution in [3.05, 3.63) is 11.7 Å².